The molecule has 1 aliphatic carbocycles. The molecular weight excluding hydrogens is 420 g/mol. The number of aliphatic imine (C=N–C) groups is 1. The summed E-state index contributed by atoms with van der Waals surface area (Å²) in [5.41, 5.74) is 6.95. The van der Waals surface area contributed by atoms with Gasteiger partial charge in [-0.3, -0.25) is 9.83 Å². The van der Waals surface area contributed by atoms with Crippen molar-refractivity contribution >= 4 is 44.8 Å². The number of anilines is 1. The SMILES string of the molecule is CN(C)C(=O)O/N=C1/C2=C(c3ccccc31)c1cc(Br)ccc1N1CCN=C21. The van der Waals surface area contributed by atoms with Gasteiger partial charge in [-0.15, -0.1) is 0 Å². The highest BCUT2D eigenvalue weighted by molar-refractivity contribution is 9.10. The Hall–Kier alpha value is -2.93. The number of amides is 1. The molecule has 140 valence electrons. The van der Waals surface area contributed by atoms with Crippen molar-refractivity contribution in [3.8, 4) is 0 Å². The van der Waals surface area contributed by atoms with E-state index in [4.69, 9.17) is 9.83 Å². The Morgan fingerprint density at radius 1 is 1.14 bits per heavy atom. The molecular formula is C21H17BrN4O2. The van der Waals surface area contributed by atoms with Crippen LogP contribution in [0.1, 0.15) is 16.7 Å². The third-order valence-corrected chi connectivity index (χ3v) is 5.59. The summed E-state index contributed by atoms with van der Waals surface area (Å²) in [6.45, 7) is 1.55. The van der Waals surface area contributed by atoms with Gasteiger partial charge < -0.3 is 9.80 Å². The van der Waals surface area contributed by atoms with Gasteiger partial charge in [-0.25, -0.2) is 4.79 Å². The van der Waals surface area contributed by atoms with Crippen molar-refractivity contribution in [3.05, 3.63) is 69.2 Å². The standard InChI is InChI=1S/C21H17BrN4O2/c1-25(2)21(27)28-24-19-14-6-4-3-5-13(14)17-15-11-12(22)7-8-16(15)26-10-9-23-20(26)18(17)19/h3-8,11H,9-10H2,1-2H3/b24-19+. The second kappa shape index (κ2) is 6.31. The zero-order valence-electron chi connectivity index (χ0n) is 15.4. The fraction of sp³-hybridized carbons (Fsp3) is 0.190. The van der Waals surface area contributed by atoms with E-state index in [0.717, 1.165) is 56.9 Å². The van der Waals surface area contributed by atoms with Gasteiger partial charge >= 0.3 is 6.09 Å². The Kier molecular flexibility index (Phi) is 3.87. The summed E-state index contributed by atoms with van der Waals surface area (Å²) in [4.78, 5) is 25.5. The largest absolute Gasteiger partial charge is 0.435 e. The summed E-state index contributed by atoms with van der Waals surface area (Å²) in [7, 11) is 3.26. The van der Waals surface area contributed by atoms with Crippen molar-refractivity contribution in [2.45, 2.75) is 0 Å². The molecule has 7 heteroatoms. The fourth-order valence-corrected chi connectivity index (χ4v) is 4.25. The van der Waals surface area contributed by atoms with Gasteiger partial charge in [0, 0.05) is 41.8 Å². The predicted octanol–water partition coefficient (Wildman–Crippen LogP) is 3.90. The first-order valence-electron chi connectivity index (χ1n) is 8.99. The molecule has 0 saturated carbocycles. The normalized spacial score (nSPS) is 17.8. The number of benzene rings is 2. The minimum atomic E-state index is -0.511. The number of rotatable bonds is 1. The quantitative estimate of drug-likeness (QED) is 0.503. The van der Waals surface area contributed by atoms with E-state index in [-0.39, 0.29) is 0 Å². The Morgan fingerprint density at radius 3 is 2.71 bits per heavy atom. The van der Waals surface area contributed by atoms with Crippen LogP contribution in [0.4, 0.5) is 10.5 Å². The Bertz CT molecular complexity index is 1120. The molecule has 0 unspecified atom stereocenters. The van der Waals surface area contributed by atoms with Crippen LogP contribution in [-0.2, 0) is 4.84 Å². The van der Waals surface area contributed by atoms with Crippen molar-refractivity contribution in [1.82, 2.24) is 4.90 Å². The summed E-state index contributed by atoms with van der Waals surface area (Å²) in [5, 5.41) is 4.27. The summed E-state index contributed by atoms with van der Waals surface area (Å²) >= 11 is 3.60. The van der Waals surface area contributed by atoms with E-state index in [1.54, 1.807) is 14.1 Å². The number of fused-ring (bicyclic) bond motifs is 7. The Balaban J connectivity index is 1.77. The summed E-state index contributed by atoms with van der Waals surface area (Å²) in [5.74, 6) is 0.890. The molecule has 0 radical (unpaired) electrons. The molecule has 1 amide bonds. The third-order valence-electron chi connectivity index (χ3n) is 5.10. The lowest BCUT2D eigenvalue weighted by Crippen LogP contribution is -2.34. The van der Waals surface area contributed by atoms with Crippen LogP contribution in [0.3, 0.4) is 0 Å². The number of halogens is 1. The lowest BCUT2D eigenvalue weighted by atomic mass is 9.92. The molecule has 0 bridgehead atoms. The second-order valence-electron chi connectivity index (χ2n) is 7.01. The zero-order valence-corrected chi connectivity index (χ0v) is 17.0. The molecule has 0 saturated heterocycles. The molecule has 2 aliphatic heterocycles. The molecule has 6 nitrogen and oxygen atoms in total. The fourth-order valence-electron chi connectivity index (χ4n) is 3.89. The lowest BCUT2D eigenvalue weighted by Gasteiger charge is -2.30. The molecule has 0 fully saturated rings. The number of amidine groups is 1. The first-order chi connectivity index (χ1) is 13.6. The van der Waals surface area contributed by atoms with Crippen LogP contribution in [-0.4, -0.2) is 49.7 Å². The number of carbonyl (C=O) groups is 1. The van der Waals surface area contributed by atoms with Crippen molar-refractivity contribution in [3.63, 3.8) is 0 Å². The van der Waals surface area contributed by atoms with E-state index in [0.29, 0.717) is 5.71 Å². The molecule has 28 heavy (non-hydrogen) atoms. The molecule has 0 atom stereocenters. The molecule has 0 N–H and O–H groups in total. The molecule has 3 aliphatic rings. The van der Waals surface area contributed by atoms with Gasteiger partial charge in [0.05, 0.1) is 17.8 Å². The van der Waals surface area contributed by atoms with Crippen molar-refractivity contribution in [2.75, 3.05) is 32.1 Å². The maximum absolute atomic E-state index is 12.0. The number of carbonyl (C=O) groups excluding carboxylic acids is 1. The van der Waals surface area contributed by atoms with Crippen molar-refractivity contribution in [1.29, 1.82) is 0 Å². The Morgan fingerprint density at radius 2 is 1.93 bits per heavy atom. The number of nitrogens with zero attached hydrogens (tertiary/aromatic N) is 4. The highest BCUT2D eigenvalue weighted by Gasteiger charge is 2.41. The number of oxime groups is 1. The highest BCUT2D eigenvalue weighted by Crippen LogP contribution is 2.47. The van der Waals surface area contributed by atoms with Crippen molar-refractivity contribution in [2.24, 2.45) is 10.1 Å². The minimum absolute atomic E-state index is 0.511. The number of hydrogen-bond donors (Lipinski definition) is 0. The lowest BCUT2D eigenvalue weighted by molar-refractivity contribution is 0.122. The minimum Gasteiger partial charge on any atom is -0.324 e. The van der Waals surface area contributed by atoms with Gasteiger partial charge in [-0.2, -0.15) is 0 Å². The first kappa shape index (κ1) is 17.2. The van der Waals surface area contributed by atoms with Crippen molar-refractivity contribution < 1.29 is 9.63 Å². The van der Waals surface area contributed by atoms with Crippen LogP contribution in [0.5, 0.6) is 0 Å². The molecule has 0 spiro atoms. The van der Waals surface area contributed by atoms with Crippen LogP contribution in [0, 0.1) is 0 Å². The van der Waals surface area contributed by atoms with E-state index < -0.39 is 6.09 Å². The molecule has 0 aromatic heterocycles. The van der Waals surface area contributed by atoms with Crippen LogP contribution >= 0.6 is 15.9 Å². The van der Waals surface area contributed by atoms with Crippen LogP contribution in [0.2, 0.25) is 0 Å². The van der Waals surface area contributed by atoms with E-state index in [1.807, 2.05) is 18.2 Å². The zero-order chi connectivity index (χ0) is 19.4. The maximum atomic E-state index is 12.0. The van der Waals surface area contributed by atoms with E-state index in [2.05, 4.69) is 50.3 Å². The average molecular weight is 437 g/mol. The van der Waals surface area contributed by atoms with Gasteiger partial charge in [0.2, 0.25) is 0 Å². The van der Waals surface area contributed by atoms with Gasteiger partial charge in [0.15, 0.2) is 0 Å². The van der Waals surface area contributed by atoms with Crippen LogP contribution < -0.4 is 4.90 Å². The van der Waals surface area contributed by atoms with Gasteiger partial charge in [0.25, 0.3) is 0 Å². The Labute approximate surface area is 170 Å². The van der Waals surface area contributed by atoms with E-state index in [1.165, 1.54) is 4.90 Å². The average Bonchev–Trinajstić information content (AvgIpc) is 3.29. The number of hydrogen-bond acceptors (Lipinski definition) is 5. The van der Waals surface area contributed by atoms with Crippen LogP contribution in [0.15, 0.2) is 62.7 Å². The highest BCUT2D eigenvalue weighted by atomic mass is 79.9. The second-order valence-corrected chi connectivity index (χ2v) is 7.92. The first-order valence-corrected chi connectivity index (χ1v) is 9.78. The molecule has 2 heterocycles. The summed E-state index contributed by atoms with van der Waals surface area (Å²) < 4.78 is 1.01. The molecule has 2 aromatic rings. The smallest absolute Gasteiger partial charge is 0.324 e. The van der Waals surface area contributed by atoms with Crippen LogP contribution in [0.25, 0.3) is 5.57 Å². The van der Waals surface area contributed by atoms with Gasteiger partial charge in [-0.05, 0) is 23.8 Å². The van der Waals surface area contributed by atoms with E-state index >= 15 is 0 Å². The monoisotopic (exact) mass is 436 g/mol. The molecule has 2 aromatic carbocycles. The summed E-state index contributed by atoms with van der Waals surface area (Å²) in [6.07, 6.45) is -0.511. The maximum Gasteiger partial charge on any atom is 0.435 e. The van der Waals surface area contributed by atoms with Gasteiger partial charge in [0.1, 0.15) is 11.5 Å². The van der Waals surface area contributed by atoms with E-state index in [9.17, 15) is 4.79 Å². The third kappa shape index (κ3) is 2.43. The van der Waals surface area contributed by atoms with Gasteiger partial charge in [-0.1, -0.05) is 45.4 Å². The topological polar surface area (TPSA) is 57.5 Å². The molecule has 5 rings (SSSR count). The predicted molar refractivity (Wildman–Crippen MR) is 113 cm³/mol. The summed E-state index contributed by atoms with van der Waals surface area (Å²) in [6, 6.07) is 14.4.